The van der Waals surface area contributed by atoms with Gasteiger partial charge in [0.1, 0.15) is 61.7 Å². The van der Waals surface area contributed by atoms with Crippen LogP contribution in [0.5, 0.6) is 0 Å². The molecule has 34 nitrogen and oxygen atoms in total. The van der Waals surface area contributed by atoms with Gasteiger partial charge in [0.2, 0.25) is 0 Å². The summed E-state index contributed by atoms with van der Waals surface area (Å²) in [6.45, 7) is 45.6. The highest BCUT2D eigenvalue weighted by Crippen LogP contribution is 2.39. The van der Waals surface area contributed by atoms with Crippen LogP contribution in [0, 0.1) is 0 Å². The Labute approximate surface area is 745 Å². The predicted molar refractivity (Wildman–Crippen MR) is 472 cm³/mol. The van der Waals surface area contributed by atoms with Gasteiger partial charge in [0.25, 0.3) is 0 Å². The zero-order valence-electron chi connectivity index (χ0n) is 73.7. The molecule has 8 fully saturated rings. The number of fused-ring (bicyclic) bond motifs is 4. The molecule has 8 saturated heterocycles. The van der Waals surface area contributed by atoms with E-state index in [1.54, 1.807) is 61.6 Å². The van der Waals surface area contributed by atoms with E-state index < -0.39 is 47.3 Å². The highest BCUT2D eigenvalue weighted by molar-refractivity contribution is 6.76. The Bertz CT molecular complexity index is 4910. The molecular formula is C85H116Cl4N20O14Si. The number of nitrogens with one attached hydrogen (secondary N) is 1. The number of pyridine rings is 2. The van der Waals surface area contributed by atoms with Gasteiger partial charge in [-0.05, 0) is 107 Å². The lowest BCUT2D eigenvalue weighted by Crippen LogP contribution is -2.71. The fraction of sp³-hybridized carbons (Fsp3) is 0.612. The van der Waals surface area contributed by atoms with Crippen molar-refractivity contribution in [3.63, 3.8) is 0 Å². The van der Waals surface area contributed by atoms with E-state index in [0.29, 0.717) is 164 Å². The number of ether oxygens (including phenoxy) is 9. The standard InChI is InChI=1S/C25H32ClN5O3.C24H39N5O5Si.C18H22ClN5O3.C11H20N2O3.C7H3Cl2N3/c1-24(2,3)34-23(32)31-16-25(17-31)15-30(11-12-33-25)22-21(26)27-20-14-29(10-9-19(20)28-22)13-18-7-5-4-6-8-18;1-23(2,3)34-22(31)29-16-24(17-29)15-28(9-10-33-24)20-13-25-19-14-27(8-7-18(19)26-20)21(30)32-11-12-35(4,5)6;1-17(2,3)27-16(25)24-10-18(11-24)9-23(6-7-26-18)15-14(19)21-13-8-20-5-4-12(13)22-15;1-10(2,3)16-9(14)13-7-11(8-13)6-12-4-5-15-11;8-6-7(9)12-5-3-10-2-1-4(5)11-6/h4-8H,9-17H2,1-3H3;13H,7-12,14-17H2,1-6H3;4-5,8H,6-7,9-11H2,1-3H3;12H,4-8H2,1-3H3;1-3H. The maximum atomic E-state index is 12.5. The fourth-order valence-corrected chi connectivity index (χ4v) is 17.1. The first kappa shape index (κ1) is 92.9. The Kier molecular flexibility index (Phi) is 28.5. The molecule has 16 heterocycles. The normalized spacial score (nSPS) is 19.4. The van der Waals surface area contributed by atoms with Crippen molar-refractivity contribution in [3.8, 4) is 0 Å². The van der Waals surface area contributed by atoms with Gasteiger partial charge in [0, 0.05) is 92.2 Å². The maximum Gasteiger partial charge on any atom is 0.410 e. The molecule has 0 saturated carbocycles. The second-order valence-electron chi connectivity index (χ2n) is 38.2. The number of likely N-dealkylation sites (tertiary alicyclic amines) is 4. The number of hydrogen-bond acceptors (Lipinski definition) is 29. The van der Waals surface area contributed by atoms with Crippen LogP contribution in [0.15, 0.2) is 73.4 Å². The molecule has 17 rings (SSSR count). The molecule has 5 amide bonds. The number of nitrogens with zero attached hydrogens (tertiary/aromatic N) is 19. The third-order valence-corrected chi connectivity index (χ3v) is 24.4. The van der Waals surface area contributed by atoms with E-state index in [0.717, 1.165) is 98.3 Å². The summed E-state index contributed by atoms with van der Waals surface area (Å²) in [6, 6.07) is 15.0. The molecule has 10 aliphatic heterocycles. The minimum Gasteiger partial charge on any atom is -0.450 e. The van der Waals surface area contributed by atoms with Crippen LogP contribution in [0.3, 0.4) is 0 Å². The van der Waals surface area contributed by atoms with Crippen LogP contribution in [0.25, 0.3) is 22.1 Å². The number of anilines is 3. The van der Waals surface area contributed by atoms with Crippen LogP contribution in [0.2, 0.25) is 46.3 Å². The van der Waals surface area contributed by atoms with Gasteiger partial charge in [-0.3, -0.25) is 19.9 Å². The molecule has 1 aromatic carbocycles. The number of morpholine rings is 4. The average molecular weight is 1810 g/mol. The predicted octanol–water partition coefficient (Wildman–Crippen LogP) is 12.1. The zero-order chi connectivity index (χ0) is 89.0. The van der Waals surface area contributed by atoms with Gasteiger partial charge in [0.05, 0.1) is 164 Å². The Morgan fingerprint density at radius 1 is 0.435 bits per heavy atom. The van der Waals surface area contributed by atoms with Gasteiger partial charge in [-0.25, -0.2) is 58.9 Å². The van der Waals surface area contributed by atoms with Crippen LogP contribution in [0.4, 0.5) is 41.4 Å². The Morgan fingerprint density at radius 2 is 0.871 bits per heavy atom. The highest BCUT2D eigenvalue weighted by atomic mass is 35.5. The number of carbonyl (C=O) groups excluding carboxylic acids is 5. The van der Waals surface area contributed by atoms with Crippen molar-refractivity contribution < 1.29 is 66.6 Å². The molecular weight excluding hydrogens is 1690 g/mol. The van der Waals surface area contributed by atoms with Crippen LogP contribution in [0.1, 0.15) is 111 Å². The lowest BCUT2D eigenvalue weighted by molar-refractivity contribution is -0.150. The van der Waals surface area contributed by atoms with Gasteiger partial charge in [-0.2, -0.15) is 0 Å². The maximum absolute atomic E-state index is 12.5. The van der Waals surface area contributed by atoms with E-state index in [2.05, 4.69) is 104 Å². The minimum atomic E-state index is -1.24. The topological polar surface area (TPSA) is 339 Å². The first-order valence-electron chi connectivity index (χ1n) is 42.2. The monoisotopic (exact) mass is 1810 g/mol. The molecule has 7 aromatic rings. The Morgan fingerprint density at radius 3 is 1.36 bits per heavy atom. The van der Waals surface area contributed by atoms with Crippen molar-refractivity contribution in [2.75, 3.05) is 166 Å². The quantitative estimate of drug-likeness (QED) is 0.109. The number of hydrogen-bond donors (Lipinski definition) is 1. The van der Waals surface area contributed by atoms with Crippen molar-refractivity contribution in [1.29, 1.82) is 0 Å². The van der Waals surface area contributed by atoms with Crippen LogP contribution in [-0.2, 0) is 75.1 Å². The SMILES string of the molecule is CC(C)(C)OC(=O)N1CC2(C1)CN(c1cnc3c(n1)CCN(C(=O)OCC[Si](C)(C)C)C3)CCO2.CC(C)(C)OC(=O)N1CC2(C1)CN(c1nc3c(nc1Cl)CN(Cc1ccccc1)CC3)CCO2.CC(C)(C)OC(=O)N1CC2(C1)CN(c1nc3ccncc3nc1Cl)CCO2.CC(C)(C)OC(=O)N1CC2(CNCCO2)C1.Clc1nc2ccncc2nc1Cl. The first-order chi connectivity index (χ1) is 58.4. The van der Waals surface area contributed by atoms with Crippen LogP contribution < -0.4 is 20.0 Å². The van der Waals surface area contributed by atoms with E-state index in [9.17, 15) is 24.0 Å². The van der Waals surface area contributed by atoms with Gasteiger partial charge in [-0.15, -0.1) is 0 Å². The molecule has 0 radical (unpaired) electrons. The fourth-order valence-electron chi connectivity index (χ4n) is 15.6. The van der Waals surface area contributed by atoms with Crippen LogP contribution >= 0.6 is 46.4 Å². The van der Waals surface area contributed by atoms with E-state index in [4.69, 9.17) is 104 Å². The summed E-state index contributed by atoms with van der Waals surface area (Å²) >= 11 is 24.3. The molecule has 0 bridgehead atoms. The largest absolute Gasteiger partial charge is 0.450 e. The molecule has 6 aromatic heterocycles. The molecule has 10 aliphatic rings. The third kappa shape index (κ3) is 24.5. The zero-order valence-corrected chi connectivity index (χ0v) is 77.7. The van der Waals surface area contributed by atoms with Crippen molar-refractivity contribution >= 4 is 124 Å². The summed E-state index contributed by atoms with van der Waals surface area (Å²) in [6.07, 6.45) is 8.39. The molecule has 39 heteroatoms. The number of amides is 5. The Balaban J connectivity index is 0.000000139. The molecule has 4 spiro atoms. The Hall–Kier alpha value is -8.75. The van der Waals surface area contributed by atoms with Crippen LogP contribution in [-0.4, -0.2) is 313 Å². The summed E-state index contributed by atoms with van der Waals surface area (Å²) < 4.78 is 51.0. The summed E-state index contributed by atoms with van der Waals surface area (Å²) in [5.41, 5.74) is 4.41. The number of aromatic nitrogens is 10. The van der Waals surface area contributed by atoms with E-state index >= 15 is 0 Å². The van der Waals surface area contributed by atoms with Gasteiger partial charge in [-0.1, -0.05) is 96.4 Å². The summed E-state index contributed by atoms with van der Waals surface area (Å²) in [7, 11) is -1.24. The first-order valence-corrected chi connectivity index (χ1v) is 47.4. The molecule has 672 valence electrons. The van der Waals surface area contributed by atoms with Crippen molar-refractivity contribution in [3.05, 3.63) is 122 Å². The number of benzene rings is 1. The van der Waals surface area contributed by atoms with Crippen molar-refractivity contribution in [1.82, 2.24) is 84.6 Å². The lowest BCUT2D eigenvalue weighted by Gasteiger charge is -2.53. The number of carbonyl (C=O) groups is 5. The number of rotatable bonds is 8. The minimum absolute atomic E-state index is 0.158. The molecule has 0 unspecified atom stereocenters. The van der Waals surface area contributed by atoms with Gasteiger partial charge in [0.15, 0.2) is 32.2 Å². The second-order valence-corrected chi connectivity index (χ2v) is 45.2. The molecule has 1 N–H and O–H groups in total. The average Bonchev–Trinajstić information content (AvgIpc) is 0.754. The molecule has 0 aliphatic carbocycles. The van der Waals surface area contributed by atoms with Crippen molar-refractivity contribution in [2.45, 2.75) is 186 Å². The smallest absolute Gasteiger partial charge is 0.410 e. The van der Waals surface area contributed by atoms with E-state index in [1.165, 1.54) is 5.56 Å². The van der Waals surface area contributed by atoms with E-state index in [1.807, 2.05) is 95.2 Å². The summed E-state index contributed by atoms with van der Waals surface area (Å²) in [4.78, 5) is 123. The van der Waals surface area contributed by atoms with Gasteiger partial charge < -0.3 is 87.1 Å². The second kappa shape index (κ2) is 38.0. The number of halogens is 4. The molecule has 124 heavy (non-hydrogen) atoms. The molecule has 0 atom stereocenters. The third-order valence-electron chi connectivity index (χ3n) is 21.5. The lowest BCUT2D eigenvalue weighted by atomic mass is 9.92. The summed E-state index contributed by atoms with van der Waals surface area (Å²) in [5.74, 6) is 2.16. The highest BCUT2D eigenvalue weighted by Gasteiger charge is 2.54. The van der Waals surface area contributed by atoms with Gasteiger partial charge >= 0.3 is 30.5 Å². The van der Waals surface area contributed by atoms with Crippen molar-refractivity contribution in [2.24, 2.45) is 0 Å². The summed E-state index contributed by atoms with van der Waals surface area (Å²) in [5, 5.41) is 4.48. The van der Waals surface area contributed by atoms with E-state index in [-0.39, 0.29) is 46.4 Å².